The first-order valence-electron chi connectivity index (χ1n) is 7.85. The third kappa shape index (κ3) is 4.52. The molecule has 0 aromatic rings. The van der Waals surface area contributed by atoms with E-state index in [9.17, 15) is 0 Å². The zero-order valence-corrected chi connectivity index (χ0v) is 12.3. The summed E-state index contributed by atoms with van der Waals surface area (Å²) >= 11 is 0. The van der Waals surface area contributed by atoms with E-state index < -0.39 is 0 Å². The molecule has 0 aromatic heterocycles. The molecule has 0 unspecified atom stereocenters. The molecule has 0 spiro atoms. The minimum Gasteiger partial charge on any atom is -0.317 e. The molecular formula is C15H31N3. The standard InChI is InChI=1S/C15H31N3/c1-17(2)11-12-18(15-5-3-4-6-15)13-14-7-9-16-10-8-14/h14-16H,3-13H2,1-2H3. The second-order valence-electron chi connectivity index (χ2n) is 6.43. The maximum atomic E-state index is 3.48. The van der Waals surface area contributed by atoms with Crippen LogP contribution < -0.4 is 5.32 Å². The Kier molecular flexibility index (Phi) is 5.93. The highest BCUT2D eigenvalue weighted by Gasteiger charge is 2.25. The maximum Gasteiger partial charge on any atom is 0.0112 e. The molecule has 1 heterocycles. The molecule has 0 amide bonds. The van der Waals surface area contributed by atoms with E-state index >= 15 is 0 Å². The van der Waals surface area contributed by atoms with Crippen LogP contribution in [0.5, 0.6) is 0 Å². The molecule has 1 aliphatic carbocycles. The Morgan fingerprint density at radius 1 is 0.944 bits per heavy atom. The van der Waals surface area contributed by atoms with Crippen LogP contribution in [0, 0.1) is 5.92 Å². The number of rotatable bonds is 6. The van der Waals surface area contributed by atoms with Gasteiger partial charge in [-0.2, -0.15) is 0 Å². The molecule has 2 fully saturated rings. The van der Waals surface area contributed by atoms with Crippen molar-refractivity contribution < 1.29 is 0 Å². The molecule has 1 N–H and O–H groups in total. The fraction of sp³-hybridized carbons (Fsp3) is 1.00. The molecule has 106 valence electrons. The molecule has 0 bridgehead atoms. The molecule has 2 aliphatic rings. The summed E-state index contributed by atoms with van der Waals surface area (Å²) in [5, 5.41) is 3.48. The van der Waals surface area contributed by atoms with Crippen LogP contribution in [-0.2, 0) is 0 Å². The predicted octanol–water partition coefficient (Wildman–Crippen LogP) is 1.79. The summed E-state index contributed by atoms with van der Waals surface area (Å²) in [5.74, 6) is 0.939. The summed E-state index contributed by atoms with van der Waals surface area (Å²) in [7, 11) is 4.38. The van der Waals surface area contributed by atoms with Crippen molar-refractivity contribution in [3.05, 3.63) is 0 Å². The molecule has 3 heteroatoms. The fourth-order valence-corrected chi connectivity index (χ4v) is 3.42. The molecule has 0 atom stereocenters. The summed E-state index contributed by atoms with van der Waals surface area (Å²) < 4.78 is 0. The van der Waals surface area contributed by atoms with E-state index in [1.807, 2.05) is 0 Å². The topological polar surface area (TPSA) is 18.5 Å². The van der Waals surface area contributed by atoms with E-state index in [0.717, 1.165) is 12.0 Å². The normalized spacial score (nSPS) is 23.3. The summed E-state index contributed by atoms with van der Waals surface area (Å²) in [4.78, 5) is 5.13. The number of nitrogens with one attached hydrogen (secondary N) is 1. The van der Waals surface area contributed by atoms with Gasteiger partial charge in [0.05, 0.1) is 0 Å². The average Bonchev–Trinajstić information content (AvgIpc) is 2.89. The van der Waals surface area contributed by atoms with Crippen molar-refractivity contribution in [1.29, 1.82) is 0 Å². The number of hydrogen-bond acceptors (Lipinski definition) is 3. The Labute approximate surface area is 113 Å². The molecule has 1 saturated carbocycles. The van der Waals surface area contributed by atoms with Crippen molar-refractivity contribution in [2.45, 2.75) is 44.6 Å². The Bertz CT molecular complexity index is 218. The lowest BCUT2D eigenvalue weighted by atomic mass is 9.96. The van der Waals surface area contributed by atoms with E-state index in [4.69, 9.17) is 0 Å². The lowest BCUT2D eigenvalue weighted by molar-refractivity contribution is 0.141. The van der Waals surface area contributed by atoms with Crippen LogP contribution in [0.15, 0.2) is 0 Å². The van der Waals surface area contributed by atoms with Crippen molar-refractivity contribution in [3.63, 3.8) is 0 Å². The average molecular weight is 253 g/mol. The minimum absolute atomic E-state index is 0.889. The molecule has 0 aromatic carbocycles. The van der Waals surface area contributed by atoms with Gasteiger partial charge in [0.1, 0.15) is 0 Å². The van der Waals surface area contributed by atoms with Gasteiger partial charge in [-0.15, -0.1) is 0 Å². The second-order valence-corrected chi connectivity index (χ2v) is 6.43. The van der Waals surface area contributed by atoms with Crippen LogP contribution in [0.3, 0.4) is 0 Å². The highest BCUT2D eigenvalue weighted by molar-refractivity contribution is 4.81. The zero-order chi connectivity index (χ0) is 12.8. The summed E-state index contributed by atoms with van der Waals surface area (Å²) in [5.41, 5.74) is 0. The van der Waals surface area contributed by atoms with Crippen LogP contribution in [0.1, 0.15) is 38.5 Å². The van der Waals surface area contributed by atoms with Gasteiger partial charge < -0.3 is 10.2 Å². The highest BCUT2D eigenvalue weighted by atomic mass is 15.2. The predicted molar refractivity (Wildman–Crippen MR) is 78.0 cm³/mol. The number of piperidine rings is 1. The summed E-state index contributed by atoms with van der Waals surface area (Å²) in [6.45, 7) is 6.29. The van der Waals surface area contributed by atoms with Crippen molar-refractivity contribution in [3.8, 4) is 0 Å². The van der Waals surface area contributed by atoms with Gasteiger partial charge in [-0.25, -0.2) is 0 Å². The van der Waals surface area contributed by atoms with Gasteiger partial charge in [-0.3, -0.25) is 4.90 Å². The van der Waals surface area contributed by atoms with Crippen LogP contribution in [0.2, 0.25) is 0 Å². The minimum atomic E-state index is 0.889. The van der Waals surface area contributed by atoms with Crippen LogP contribution in [-0.4, -0.2) is 62.7 Å². The second kappa shape index (κ2) is 7.46. The lowest BCUT2D eigenvalue weighted by Crippen LogP contribution is -2.43. The third-order valence-electron chi connectivity index (χ3n) is 4.63. The van der Waals surface area contributed by atoms with Gasteiger partial charge in [-0.05, 0) is 58.8 Å². The molecule has 1 aliphatic heterocycles. The first-order chi connectivity index (χ1) is 8.75. The van der Waals surface area contributed by atoms with Gasteiger partial charge in [0.2, 0.25) is 0 Å². The number of nitrogens with zero attached hydrogens (tertiary/aromatic N) is 2. The van der Waals surface area contributed by atoms with Crippen molar-refractivity contribution in [1.82, 2.24) is 15.1 Å². The Morgan fingerprint density at radius 2 is 1.61 bits per heavy atom. The van der Waals surface area contributed by atoms with Crippen molar-refractivity contribution >= 4 is 0 Å². The smallest absolute Gasteiger partial charge is 0.0112 e. The van der Waals surface area contributed by atoms with E-state index in [1.165, 1.54) is 71.2 Å². The van der Waals surface area contributed by atoms with Crippen molar-refractivity contribution in [2.75, 3.05) is 46.8 Å². The van der Waals surface area contributed by atoms with E-state index in [0.29, 0.717) is 0 Å². The molecule has 2 rings (SSSR count). The Hall–Kier alpha value is -0.120. The van der Waals surface area contributed by atoms with E-state index in [2.05, 4.69) is 29.2 Å². The zero-order valence-electron chi connectivity index (χ0n) is 12.3. The third-order valence-corrected chi connectivity index (χ3v) is 4.63. The van der Waals surface area contributed by atoms with Crippen molar-refractivity contribution in [2.24, 2.45) is 5.92 Å². The van der Waals surface area contributed by atoms with Gasteiger partial charge in [0.25, 0.3) is 0 Å². The molecular weight excluding hydrogens is 222 g/mol. The van der Waals surface area contributed by atoms with E-state index in [-0.39, 0.29) is 0 Å². The number of hydrogen-bond donors (Lipinski definition) is 1. The van der Waals surface area contributed by atoms with Crippen LogP contribution in [0.4, 0.5) is 0 Å². The molecule has 1 saturated heterocycles. The van der Waals surface area contributed by atoms with E-state index in [1.54, 1.807) is 0 Å². The van der Waals surface area contributed by atoms with Gasteiger partial charge in [-0.1, -0.05) is 12.8 Å². The Morgan fingerprint density at radius 3 is 2.22 bits per heavy atom. The molecule has 3 nitrogen and oxygen atoms in total. The van der Waals surface area contributed by atoms with Crippen LogP contribution in [0.25, 0.3) is 0 Å². The largest absolute Gasteiger partial charge is 0.317 e. The quantitative estimate of drug-likeness (QED) is 0.778. The molecule has 0 radical (unpaired) electrons. The lowest BCUT2D eigenvalue weighted by Gasteiger charge is -2.34. The van der Waals surface area contributed by atoms with Gasteiger partial charge in [0.15, 0.2) is 0 Å². The highest BCUT2D eigenvalue weighted by Crippen LogP contribution is 2.25. The monoisotopic (exact) mass is 253 g/mol. The fourth-order valence-electron chi connectivity index (χ4n) is 3.42. The van der Waals surface area contributed by atoms with Gasteiger partial charge in [0, 0.05) is 25.7 Å². The number of likely N-dealkylation sites (N-methyl/N-ethyl adjacent to an activating group) is 1. The first-order valence-corrected chi connectivity index (χ1v) is 7.85. The maximum absolute atomic E-state index is 3.48. The van der Waals surface area contributed by atoms with Crippen LogP contribution >= 0.6 is 0 Å². The summed E-state index contributed by atoms with van der Waals surface area (Å²) in [6, 6.07) is 0.889. The SMILES string of the molecule is CN(C)CCN(CC1CCNCC1)C1CCCC1. The molecule has 18 heavy (non-hydrogen) atoms. The first kappa shape index (κ1) is 14.3. The Balaban J connectivity index is 1.81. The summed E-state index contributed by atoms with van der Waals surface area (Å²) in [6.07, 6.45) is 8.55. The van der Waals surface area contributed by atoms with Gasteiger partial charge >= 0.3 is 0 Å².